The second-order valence-electron chi connectivity index (χ2n) is 13.9. The van der Waals surface area contributed by atoms with Crippen molar-refractivity contribution in [1.29, 1.82) is 0 Å². The predicted molar refractivity (Wildman–Crippen MR) is 221 cm³/mol. The zero-order valence-electron chi connectivity index (χ0n) is 32.9. The molecule has 3 N–H and O–H groups in total. The van der Waals surface area contributed by atoms with E-state index in [2.05, 4.69) is 20.6 Å². The molecule has 0 fully saturated rings. The zero-order valence-corrected chi connectivity index (χ0v) is 32.9. The number of methoxy groups -OCH3 is 1. The van der Waals surface area contributed by atoms with Crippen LogP contribution in [0.25, 0.3) is 21.8 Å². The molecule has 0 radical (unpaired) electrons. The molecule has 0 aliphatic rings. The number of aromatic nitrogens is 2. The van der Waals surface area contributed by atoms with Gasteiger partial charge in [-0.25, -0.2) is 4.39 Å². The molecule has 11 heteroatoms. The van der Waals surface area contributed by atoms with Gasteiger partial charge in [0.25, 0.3) is 0 Å². The summed E-state index contributed by atoms with van der Waals surface area (Å²) in [6.45, 7) is 12.3. The zero-order chi connectivity index (χ0) is 40.4. The second-order valence-corrected chi connectivity index (χ2v) is 13.9. The Labute approximate surface area is 327 Å². The number of nitrogens with zero attached hydrogens (tertiary/aromatic N) is 2. The third-order valence-corrected chi connectivity index (χ3v) is 9.05. The van der Waals surface area contributed by atoms with E-state index in [-0.39, 0.29) is 42.4 Å². The Bertz CT molecular complexity index is 2330. The number of aliphatic hydroxyl groups is 1. The second kappa shape index (κ2) is 19.1. The Kier molecular flexibility index (Phi) is 14.1. The molecule has 6 aromatic rings. The summed E-state index contributed by atoms with van der Waals surface area (Å²) in [5.41, 5.74) is 7.19. The highest BCUT2D eigenvalue weighted by Gasteiger charge is 2.22. The molecule has 10 nitrogen and oxygen atoms in total. The van der Waals surface area contributed by atoms with Crippen molar-refractivity contribution in [1.82, 2.24) is 9.97 Å². The highest BCUT2D eigenvalue weighted by atomic mass is 19.1. The Hall–Kier alpha value is -5.91. The van der Waals surface area contributed by atoms with E-state index in [1.807, 2.05) is 89.2 Å². The molecule has 4 aromatic carbocycles. The van der Waals surface area contributed by atoms with Crippen LogP contribution in [0, 0.1) is 31.5 Å². The van der Waals surface area contributed by atoms with Crippen LogP contribution in [-0.2, 0) is 4.74 Å². The van der Waals surface area contributed by atoms with Crippen LogP contribution < -0.4 is 20.1 Å². The average Bonchev–Trinajstić information content (AvgIpc) is 3.18. The van der Waals surface area contributed by atoms with Gasteiger partial charge >= 0.3 is 0 Å². The van der Waals surface area contributed by atoms with Crippen LogP contribution >= 0.6 is 0 Å². The van der Waals surface area contributed by atoms with E-state index >= 15 is 0 Å². The minimum atomic E-state index is -0.319. The van der Waals surface area contributed by atoms with Crippen LogP contribution in [0.1, 0.15) is 59.5 Å². The number of fused-ring (bicyclic) bond motifs is 2. The summed E-state index contributed by atoms with van der Waals surface area (Å²) in [5.74, 6) is 0.552. The van der Waals surface area contributed by atoms with Gasteiger partial charge in [-0.1, -0.05) is 70.2 Å². The van der Waals surface area contributed by atoms with E-state index < -0.39 is 0 Å². The number of Topliss-reactive ketones (excluding diaryl/α,β-unsaturated/α-hetero) is 2. The number of ketones is 2. The smallest absolute Gasteiger partial charge is 0.169 e. The van der Waals surface area contributed by atoms with Crippen LogP contribution in [0.15, 0.2) is 91.3 Å². The van der Waals surface area contributed by atoms with E-state index in [0.29, 0.717) is 58.1 Å². The van der Waals surface area contributed by atoms with Gasteiger partial charge in [0.2, 0.25) is 0 Å². The fourth-order valence-corrected chi connectivity index (χ4v) is 6.03. The first-order chi connectivity index (χ1) is 26.9. The molecule has 0 atom stereocenters. The fraction of sp³-hybridized carbons (Fsp3) is 0.289. The number of hydrogen-bond donors (Lipinski definition) is 3. The molecule has 0 saturated heterocycles. The summed E-state index contributed by atoms with van der Waals surface area (Å²) < 4.78 is 30.0. The van der Waals surface area contributed by atoms with E-state index in [1.54, 1.807) is 32.4 Å². The van der Waals surface area contributed by atoms with E-state index in [4.69, 9.17) is 19.3 Å². The topological polar surface area (TPSA) is 132 Å². The Balaban J connectivity index is 0.000000214. The molecule has 0 unspecified atom stereocenters. The van der Waals surface area contributed by atoms with Gasteiger partial charge in [-0.05, 0) is 61.4 Å². The number of carbonyl (C=O) groups is 2. The molecule has 2 aromatic heterocycles. The molecule has 6 rings (SSSR count). The lowest BCUT2D eigenvalue weighted by Gasteiger charge is -2.18. The lowest BCUT2D eigenvalue weighted by molar-refractivity contribution is 0.0932. The Morgan fingerprint density at radius 3 is 1.68 bits per heavy atom. The van der Waals surface area contributed by atoms with Crippen molar-refractivity contribution in [2.24, 2.45) is 11.8 Å². The summed E-state index contributed by atoms with van der Waals surface area (Å²) >= 11 is 0. The van der Waals surface area contributed by atoms with Crippen LogP contribution in [0.4, 0.5) is 27.1 Å². The molecule has 0 amide bonds. The number of hydrogen-bond acceptors (Lipinski definition) is 10. The fourth-order valence-electron chi connectivity index (χ4n) is 6.03. The number of carbonyl (C=O) groups excluding carboxylic acids is 2. The number of ether oxygens (including phenoxy) is 3. The lowest BCUT2D eigenvalue weighted by atomic mass is 9.98. The van der Waals surface area contributed by atoms with Crippen molar-refractivity contribution in [3.8, 4) is 11.5 Å². The molecule has 0 bridgehead atoms. The van der Waals surface area contributed by atoms with Gasteiger partial charge in [0, 0.05) is 53.5 Å². The third kappa shape index (κ3) is 9.66. The summed E-state index contributed by atoms with van der Waals surface area (Å²) in [7, 11) is 1.64. The van der Waals surface area contributed by atoms with Crippen molar-refractivity contribution in [2.75, 3.05) is 44.2 Å². The van der Waals surface area contributed by atoms with Gasteiger partial charge < -0.3 is 30.0 Å². The molecule has 0 aliphatic heterocycles. The minimum absolute atomic E-state index is 0.0432. The van der Waals surface area contributed by atoms with Gasteiger partial charge in [0.05, 0.1) is 35.7 Å². The standard InChI is InChI=1S/C23H26N2O3.C22H23FN2O3/c1-15(2)23(26)18-14-24-22-17(9-7-11-20(22)28-13-12-27-4)21(18)25-19-10-6-5-8-16(19)3;1-13(2)22(27)17-12-24-21-16(5-4-6-19(21)28-10-9-26)20(17)25-18-8-7-15(23)11-14(18)3/h5-11,14-15H,12-13H2,1-4H3,(H,24,25);4-8,11-13,26H,9-10H2,1-3H3,(H,24,25). The number of para-hydroxylation sites is 3. The van der Waals surface area contributed by atoms with Crippen molar-refractivity contribution >= 4 is 56.1 Å². The predicted octanol–water partition coefficient (Wildman–Crippen LogP) is 9.79. The number of halogens is 1. The first-order valence-corrected chi connectivity index (χ1v) is 18.6. The molecule has 2 heterocycles. The number of pyridine rings is 2. The van der Waals surface area contributed by atoms with Gasteiger partial charge in [-0.2, -0.15) is 0 Å². The van der Waals surface area contributed by atoms with Crippen molar-refractivity contribution in [2.45, 2.75) is 41.5 Å². The van der Waals surface area contributed by atoms with Gasteiger partial charge in [-0.3, -0.25) is 19.6 Å². The monoisotopic (exact) mass is 760 g/mol. The molecular formula is C45H49FN4O6. The first-order valence-electron chi connectivity index (χ1n) is 18.6. The third-order valence-electron chi connectivity index (χ3n) is 9.05. The number of rotatable bonds is 15. The Morgan fingerprint density at radius 2 is 1.20 bits per heavy atom. The maximum Gasteiger partial charge on any atom is 0.169 e. The molecule has 0 saturated carbocycles. The first kappa shape index (κ1) is 41.3. The summed E-state index contributed by atoms with van der Waals surface area (Å²) in [6, 6.07) is 23.6. The maximum atomic E-state index is 13.5. The lowest BCUT2D eigenvalue weighted by Crippen LogP contribution is -2.12. The van der Waals surface area contributed by atoms with E-state index in [0.717, 1.165) is 33.4 Å². The largest absolute Gasteiger partial charge is 0.489 e. The number of anilines is 4. The maximum absolute atomic E-state index is 13.5. The average molecular weight is 761 g/mol. The molecule has 0 spiro atoms. The van der Waals surface area contributed by atoms with E-state index in [1.165, 1.54) is 18.3 Å². The van der Waals surface area contributed by atoms with Crippen molar-refractivity contribution in [3.63, 3.8) is 0 Å². The molecule has 292 valence electrons. The Morgan fingerprint density at radius 1 is 0.679 bits per heavy atom. The van der Waals surface area contributed by atoms with Crippen molar-refractivity contribution < 1.29 is 33.3 Å². The number of aryl methyl sites for hydroxylation is 2. The number of nitrogens with one attached hydrogen (secondary N) is 2. The quantitative estimate of drug-likeness (QED) is 0.0687. The van der Waals surface area contributed by atoms with Crippen LogP contribution in [0.2, 0.25) is 0 Å². The molecule has 56 heavy (non-hydrogen) atoms. The summed E-state index contributed by atoms with van der Waals surface area (Å²) in [6.07, 6.45) is 3.19. The normalized spacial score (nSPS) is 11.1. The summed E-state index contributed by atoms with van der Waals surface area (Å²) in [5, 5.41) is 17.4. The number of benzene rings is 4. The van der Waals surface area contributed by atoms with Gasteiger partial charge in [0.1, 0.15) is 41.6 Å². The van der Waals surface area contributed by atoms with Crippen molar-refractivity contribution in [3.05, 3.63) is 119 Å². The highest BCUT2D eigenvalue weighted by molar-refractivity contribution is 6.11. The van der Waals surface area contributed by atoms with Crippen LogP contribution in [-0.4, -0.2) is 60.2 Å². The summed E-state index contributed by atoms with van der Waals surface area (Å²) in [4.78, 5) is 34.7. The SMILES string of the molecule is COCCOc1cccc2c(Nc3ccccc3C)c(C(=O)C(C)C)cnc12.Cc1cc(F)ccc1Nc1c(C(=O)C(C)C)cnc2c(OCCO)cccc12. The minimum Gasteiger partial charge on any atom is -0.489 e. The highest BCUT2D eigenvalue weighted by Crippen LogP contribution is 2.37. The van der Waals surface area contributed by atoms with Crippen LogP contribution in [0.5, 0.6) is 11.5 Å². The number of aliphatic hydroxyl groups excluding tert-OH is 1. The van der Waals surface area contributed by atoms with Gasteiger partial charge in [0.15, 0.2) is 11.6 Å². The van der Waals surface area contributed by atoms with Gasteiger partial charge in [-0.15, -0.1) is 0 Å². The van der Waals surface area contributed by atoms with E-state index in [9.17, 15) is 14.0 Å². The van der Waals surface area contributed by atoms with Crippen LogP contribution in [0.3, 0.4) is 0 Å². The molecular weight excluding hydrogens is 712 g/mol. The molecule has 0 aliphatic carbocycles.